The minimum atomic E-state index is 0.645. The van der Waals surface area contributed by atoms with Crippen molar-refractivity contribution in [1.82, 2.24) is 5.32 Å². The number of rotatable bonds is 11. The number of benzene rings is 1. The molecule has 5 nitrogen and oxygen atoms in total. The average molecular weight is 362 g/mol. The molecule has 0 saturated carbocycles. The quantitative estimate of drug-likeness (QED) is 0.614. The lowest BCUT2D eigenvalue weighted by Gasteiger charge is -2.12. The monoisotopic (exact) mass is 361 g/mol. The topological polar surface area (TPSA) is 49.0 Å². The van der Waals surface area contributed by atoms with Gasteiger partial charge in [0, 0.05) is 24.7 Å². The third-order valence-corrected chi connectivity index (χ3v) is 3.68. The van der Waals surface area contributed by atoms with Crippen LogP contribution < -0.4 is 14.8 Å². The number of nitrogens with one attached hydrogen (secondary N) is 1. The van der Waals surface area contributed by atoms with Crippen LogP contribution in [0.25, 0.3) is 0 Å². The van der Waals surface area contributed by atoms with Crippen molar-refractivity contribution in [2.24, 2.45) is 0 Å². The molecule has 0 aromatic heterocycles. The number of ether oxygens (including phenoxy) is 4. The normalized spacial score (nSPS) is 10.7. The molecule has 1 N–H and O–H groups in total. The van der Waals surface area contributed by atoms with Gasteiger partial charge in [0.15, 0.2) is 11.5 Å². The van der Waals surface area contributed by atoms with Gasteiger partial charge in [0.2, 0.25) is 0 Å². The number of hydrogen-bond donors (Lipinski definition) is 1. The molecule has 0 fully saturated rings. The first-order valence-corrected chi connectivity index (χ1v) is 7.70. The average Bonchev–Trinajstić information content (AvgIpc) is 2.50. The van der Waals surface area contributed by atoms with Gasteiger partial charge in [0.25, 0.3) is 0 Å². The van der Waals surface area contributed by atoms with Crippen molar-refractivity contribution >= 4 is 15.9 Å². The van der Waals surface area contributed by atoms with Gasteiger partial charge in [-0.05, 0) is 30.7 Å². The minimum absolute atomic E-state index is 0.645. The predicted octanol–water partition coefficient (Wildman–Crippen LogP) is 2.61. The van der Waals surface area contributed by atoms with Gasteiger partial charge in [-0.1, -0.05) is 15.9 Å². The van der Waals surface area contributed by atoms with E-state index < -0.39 is 0 Å². The maximum absolute atomic E-state index is 5.41. The fourth-order valence-electron chi connectivity index (χ4n) is 1.80. The van der Waals surface area contributed by atoms with Gasteiger partial charge < -0.3 is 24.3 Å². The summed E-state index contributed by atoms with van der Waals surface area (Å²) in [6, 6.07) is 3.90. The lowest BCUT2D eigenvalue weighted by molar-refractivity contribution is 0.0695. The Morgan fingerprint density at radius 2 is 1.71 bits per heavy atom. The highest BCUT2D eigenvalue weighted by Crippen LogP contribution is 2.33. The zero-order chi connectivity index (χ0) is 15.5. The highest BCUT2D eigenvalue weighted by Gasteiger charge is 2.09. The fourth-order valence-corrected chi connectivity index (χ4v) is 2.26. The van der Waals surface area contributed by atoms with Gasteiger partial charge in [-0.3, -0.25) is 0 Å². The van der Waals surface area contributed by atoms with Crippen LogP contribution in [0.2, 0.25) is 0 Å². The molecular formula is C15H24BrNO4. The van der Waals surface area contributed by atoms with E-state index in [9.17, 15) is 0 Å². The molecule has 0 amide bonds. The molecule has 1 rings (SSSR count). The SMILES string of the molecule is COCCOCCCNCc1cc(OC)c(OC)cc1Br. The summed E-state index contributed by atoms with van der Waals surface area (Å²) in [5.41, 5.74) is 1.13. The van der Waals surface area contributed by atoms with Crippen LogP contribution in [0.4, 0.5) is 0 Å². The van der Waals surface area contributed by atoms with Crippen LogP contribution >= 0.6 is 15.9 Å². The summed E-state index contributed by atoms with van der Waals surface area (Å²) in [6.45, 7) is 3.69. The van der Waals surface area contributed by atoms with Crippen LogP contribution in [0.1, 0.15) is 12.0 Å². The van der Waals surface area contributed by atoms with Gasteiger partial charge in [0.1, 0.15) is 0 Å². The van der Waals surface area contributed by atoms with Crippen LogP contribution in [0.5, 0.6) is 11.5 Å². The Kier molecular flexibility index (Phi) is 9.41. The molecule has 0 bridgehead atoms. The molecule has 0 aliphatic rings. The van der Waals surface area contributed by atoms with Crippen LogP contribution in [-0.4, -0.2) is 47.7 Å². The zero-order valence-corrected chi connectivity index (χ0v) is 14.5. The largest absolute Gasteiger partial charge is 0.493 e. The molecule has 0 spiro atoms. The first-order valence-electron chi connectivity index (χ1n) is 6.90. The maximum Gasteiger partial charge on any atom is 0.161 e. The van der Waals surface area contributed by atoms with E-state index >= 15 is 0 Å². The van der Waals surface area contributed by atoms with Gasteiger partial charge in [-0.2, -0.15) is 0 Å². The lowest BCUT2D eigenvalue weighted by Crippen LogP contribution is -2.17. The number of halogens is 1. The Morgan fingerprint density at radius 1 is 1.00 bits per heavy atom. The standard InChI is InChI=1S/C15H24BrNO4/c1-18-7-8-21-6-4-5-17-11-12-9-14(19-2)15(20-3)10-13(12)16/h9-10,17H,4-8,11H2,1-3H3. The molecule has 120 valence electrons. The fraction of sp³-hybridized carbons (Fsp3) is 0.600. The molecule has 0 saturated heterocycles. The molecule has 1 aromatic carbocycles. The van der Waals surface area contributed by atoms with Crippen molar-refractivity contribution in [2.45, 2.75) is 13.0 Å². The summed E-state index contributed by atoms with van der Waals surface area (Å²) in [5.74, 6) is 1.46. The Hall–Kier alpha value is -0.820. The number of methoxy groups -OCH3 is 3. The van der Waals surface area contributed by atoms with Gasteiger partial charge in [-0.15, -0.1) is 0 Å². The second kappa shape index (κ2) is 10.8. The highest BCUT2D eigenvalue weighted by atomic mass is 79.9. The number of hydrogen-bond acceptors (Lipinski definition) is 5. The van der Waals surface area contributed by atoms with Crippen molar-refractivity contribution in [3.8, 4) is 11.5 Å². The molecule has 0 heterocycles. The van der Waals surface area contributed by atoms with Gasteiger partial charge in [-0.25, -0.2) is 0 Å². The second-order valence-electron chi connectivity index (χ2n) is 4.43. The summed E-state index contributed by atoms with van der Waals surface area (Å²) in [6.07, 6.45) is 0.967. The first kappa shape index (κ1) is 18.2. The van der Waals surface area contributed by atoms with Crippen molar-refractivity contribution < 1.29 is 18.9 Å². The van der Waals surface area contributed by atoms with Gasteiger partial charge >= 0.3 is 0 Å². The van der Waals surface area contributed by atoms with Crippen LogP contribution in [0, 0.1) is 0 Å². The molecule has 1 aromatic rings. The summed E-state index contributed by atoms with van der Waals surface area (Å²) >= 11 is 3.55. The van der Waals surface area contributed by atoms with E-state index in [1.807, 2.05) is 12.1 Å². The molecular weight excluding hydrogens is 338 g/mol. The summed E-state index contributed by atoms with van der Waals surface area (Å²) in [5, 5.41) is 3.38. The molecule has 0 unspecified atom stereocenters. The van der Waals surface area contributed by atoms with E-state index in [2.05, 4.69) is 21.2 Å². The third-order valence-electron chi connectivity index (χ3n) is 2.94. The van der Waals surface area contributed by atoms with Gasteiger partial charge in [0.05, 0.1) is 27.4 Å². The van der Waals surface area contributed by atoms with Crippen LogP contribution in [0.3, 0.4) is 0 Å². The van der Waals surface area contributed by atoms with Crippen molar-refractivity contribution in [3.63, 3.8) is 0 Å². The van der Waals surface area contributed by atoms with E-state index in [4.69, 9.17) is 18.9 Å². The maximum atomic E-state index is 5.41. The summed E-state index contributed by atoms with van der Waals surface area (Å²) < 4.78 is 21.9. The minimum Gasteiger partial charge on any atom is -0.493 e. The molecule has 0 radical (unpaired) electrons. The molecule has 6 heteroatoms. The smallest absolute Gasteiger partial charge is 0.161 e. The Balaban J connectivity index is 2.32. The Bertz CT molecular complexity index is 415. The first-order chi connectivity index (χ1) is 10.2. The van der Waals surface area contributed by atoms with E-state index in [0.717, 1.165) is 47.7 Å². The summed E-state index contributed by atoms with van der Waals surface area (Å²) in [7, 11) is 4.94. The molecule has 0 aliphatic heterocycles. The lowest BCUT2D eigenvalue weighted by atomic mass is 10.2. The Labute approximate surface area is 135 Å². The van der Waals surface area contributed by atoms with Crippen molar-refractivity contribution in [2.75, 3.05) is 47.7 Å². The Morgan fingerprint density at radius 3 is 2.38 bits per heavy atom. The molecule has 21 heavy (non-hydrogen) atoms. The summed E-state index contributed by atoms with van der Waals surface area (Å²) in [4.78, 5) is 0. The third kappa shape index (κ3) is 6.65. The highest BCUT2D eigenvalue weighted by molar-refractivity contribution is 9.10. The zero-order valence-electron chi connectivity index (χ0n) is 12.9. The molecule has 0 aliphatic carbocycles. The second-order valence-corrected chi connectivity index (χ2v) is 5.29. The van der Waals surface area contributed by atoms with Crippen LogP contribution in [0.15, 0.2) is 16.6 Å². The van der Waals surface area contributed by atoms with E-state index in [1.165, 1.54) is 0 Å². The van der Waals surface area contributed by atoms with Crippen LogP contribution in [-0.2, 0) is 16.0 Å². The van der Waals surface area contributed by atoms with Crippen molar-refractivity contribution in [1.29, 1.82) is 0 Å². The van der Waals surface area contributed by atoms with Crippen molar-refractivity contribution in [3.05, 3.63) is 22.2 Å². The van der Waals surface area contributed by atoms with E-state index in [-0.39, 0.29) is 0 Å². The van der Waals surface area contributed by atoms with E-state index in [0.29, 0.717) is 13.2 Å². The van der Waals surface area contributed by atoms with E-state index in [1.54, 1.807) is 21.3 Å². The molecule has 0 atom stereocenters. The predicted molar refractivity (Wildman–Crippen MR) is 86.3 cm³/mol.